The Morgan fingerprint density at radius 3 is 2.52 bits per heavy atom. The lowest BCUT2D eigenvalue weighted by molar-refractivity contribution is -0.150. The molecule has 0 fully saturated rings. The second-order valence-electron chi connectivity index (χ2n) is 5.20. The van der Waals surface area contributed by atoms with Gasteiger partial charge in [-0.2, -0.15) is 0 Å². The number of unbranched alkanes of at least 4 members (excludes halogenated alkanes) is 1. The van der Waals surface area contributed by atoms with E-state index >= 15 is 0 Å². The van der Waals surface area contributed by atoms with Crippen LogP contribution in [0.15, 0.2) is 30.3 Å². The summed E-state index contributed by atoms with van der Waals surface area (Å²) in [6.07, 6.45) is 2.57. The highest BCUT2D eigenvalue weighted by Gasteiger charge is 2.32. The van der Waals surface area contributed by atoms with E-state index in [9.17, 15) is 4.79 Å². The van der Waals surface area contributed by atoms with Gasteiger partial charge in [0.05, 0.1) is 13.2 Å². The highest BCUT2D eigenvalue weighted by Crippen LogP contribution is 2.17. The number of ether oxygens (including phenoxy) is 2. The molecule has 1 unspecified atom stereocenters. The second kappa shape index (κ2) is 9.40. The zero-order chi connectivity index (χ0) is 15.6. The van der Waals surface area contributed by atoms with Crippen LogP contribution in [0.25, 0.3) is 0 Å². The van der Waals surface area contributed by atoms with Gasteiger partial charge in [0.25, 0.3) is 0 Å². The number of benzene rings is 1. The molecule has 0 heterocycles. The van der Waals surface area contributed by atoms with E-state index in [0.29, 0.717) is 13.2 Å². The van der Waals surface area contributed by atoms with Gasteiger partial charge in [-0.25, -0.2) is 0 Å². The summed E-state index contributed by atoms with van der Waals surface area (Å²) >= 11 is 0. The summed E-state index contributed by atoms with van der Waals surface area (Å²) in [7, 11) is 0. The van der Waals surface area contributed by atoms with Crippen LogP contribution < -0.4 is 10.1 Å². The van der Waals surface area contributed by atoms with Crippen molar-refractivity contribution in [2.75, 3.05) is 19.8 Å². The molecule has 0 saturated heterocycles. The molecular weight excluding hydrogens is 266 g/mol. The summed E-state index contributed by atoms with van der Waals surface area (Å²) in [4.78, 5) is 12.0. The molecule has 4 nitrogen and oxygen atoms in total. The molecule has 1 aromatic carbocycles. The molecule has 21 heavy (non-hydrogen) atoms. The van der Waals surface area contributed by atoms with E-state index in [1.165, 1.54) is 0 Å². The van der Waals surface area contributed by atoms with E-state index in [2.05, 4.69) is 5.32 Å². The van der Waals surface area contributed by atoms with E-state index < -0.39 is 5.54 Å². The van der Waals surface area contributed by atoms with Gasteiger partial charge in [0.2, 0.25) is 0 Å². The monoisotopic (exact) mass is 293 g/mol. The molecular formula is C17H27NO3. The Balaban J connectivity index is 2.31. The summed E-state index contributed by atoms with van der Waals surface area (Å²) < 4.78 is 10.8. The lowest BCUT2D eigenvalue weighted by atomic mass is 9.95. The molecule has 0 amide bonds. The Morgan fingerprint density at radius 2 is 1.90 bits per heavy atom. The molecule has 1 rings (SSSR count). The number of rotatable bonds is 10. The Morgan fingerprint density at radius 1 is 1.19 bits per heavy atom. The molecule has 0 aliphatic carbocycles. The quantitative estimate of drug-likeness (QED) is 0.532. The van der Waals surface area contributed by atoms with Crippen molar-refractivity contribution < 1.29 is 14.3 Å². The first-order valence-electron chi connectivity index (χ1n) is 7.72. The number of carbonyl (C=O) groups is 1. The van der Waals surface area contributed by atoms with Crippen molar-refractivity contribution in [2.45, 2.75) is 45.6 Å². The first-order valence-corrected chi connectivity index (χ1v) is 7.72. The number of nitrogens with one attached hydrogen (secondary N) is 1. The highest BCUT2D eigenvalue weighted by atomic mass is 16.5. The minimum Gasteiger partial charge on any atom is -0.494 e. The standard InChI is InChI=1S/C17H27NO3/c1-4-18-17(3,16(19)20-5-2)13-9-10-14-21-15-11-7-6-8-12-15/h6-8,11-12,18H,4-5,9-10,13-14H2,1-3H3. The average molecular weight is 293 g/mol. The van der Waals surface area contributed by atoms with Crippen LogP contribution in [0.2, 0.25) is 0 Å². The van der Waals surface area contributed by atoms with E-state index in [4.69, 9.17) is 9.47 Å². The van der Waals surface area contributed by atoms with Gasteiger partial charge in [0, 0.05) is 0 Å². The largest absolute Gasteiger partial charge is 0.494 e. The van der Waals surface area contributed by atoms with Crippen molar-refractivity contribution in [2.24, 2.45) is 0 Å². The topological polar surface area (TPSA) is 47.6 Å². The third-order valence-corrected chi connectivity index (χ3v) is 3.38. The van der Waals surface area contributed by atoms with Gasteiger partial charge in [0.15, 0.2) is 0 Å². The number of carbonyl (C=O) groups excluding carboxylic acids is 1. The minimum atomic E-state index is -0.600. The molecule has 1 atom stereocenters. The van der Waals surface area contributed by atoms with Crippen LogP contribution in [-0.2, 0) is 9.53 Å². The van der Waals surface area contributed by atoms with Crippen LogP contribution in [-0.4, -0.2) is 31.3 Å². The maximum atomic E-state index is 12.0. The Hall–Kier alpha value is -1.55. The number of hydrogen-bond donors (Lipinski definition) is 1. The van der Waals surface area contributed by atoms with Crippen LogP contribution in [0.1, 0.15) is 40.0 Å². The zero-order valence-corrected chi connectivity index (χ0v) is 13.4. The number of esters is 1. The molecule has 1 aromatic rings. The second-order valence-corrected chi connectivity index (χ2v) is 5.20. The molecule has 0 bridgehead atoms. The Labute approximate surface area is 127 Å². The van der Waals surface area contributed by atoms with E-state index in [1.807, 2.05) is 51.1 Å². The molecule has 0 radical (unpaired) electrons. The molecule has 0 aromatic heterocycles. The third kappa shape index (κ3) is 6.17. The number of hydrogen-bond acceptors (Lipinski definition) is 4. The third-order valence-electron chi connectivity index (χ3n) is 3.38. The summed E-state index contributed by atoms with van der Waals surface area (Å²) in [5, 5.41) is 3.24. The fourth-order valence-electron chi connectivity index (χ4n) is 2.23. The lowest BCUT2D eigenvalue weighted by Gasteiger charge is -2.28. The lowest BCUT2D eigenvalue weighted by Crippen LogP contribution is -2.50. The fraction of sp³-hybridized carbons (Fsp3) is 0.588. The molecule has 0 aliphatic rings. The average Bonchev–Trinajstić information content (AvgIpc) is 2.48. The van der Waals surface area contributed by atoms with Crippen molar-refractivity contribution in [1.29, 1.82) is 0 Å². The van der Waals surface area contributed by atoms with Gasteiger partial charge in [-0.05, 0) is 51.8 Å². The smallest absolute Gasteiger partial charge is 0.326 e. The van der Waals surface area contributed by atoms with Crippen molar-refractivity contribution >= 4 is 5.97 Å². The molecule has 0 aliphatic heterocycles. The summed E-state index contributed by atoms with van der Waals surface area (Å²) in [5.74, 6) is 0.716. The van der Waals surface area contributed by atoms with Crippen LogP contribution in [0.4, 0.5) is 0 Å². The molecule has 1 N–H and O–H groups in total. The summed E-state index contributed by atoms with van der Waals surface area (Å²) in [6.45, 7) is 7.56. The number of likely N-dealkylation sites (N-methyl/N-ethyl adjacent to an activating group) is 1. The van der Waals surface area contributed by atoms with Crippen molar-refractivity contribution in [3.8, 4) is 5.75 Å². The van der Waals surface area contributed by atoms with Crippen LogP contribution >= 0.6 is 0 Å². The van der Waals surface area contributed by atoms with Crippen LogP contribution in [0.3, 0.4) is 0 Å². The zero-order valence-electron chi connectivity index (χ0n) is 13.4. The first kappa shape index (κ1) is 17.5. The molecule has 118 valence electrons. The molecule has 4 heteroatoms. The van der Waals surface area contributed by atoms with Crippen LogP contribution in [0, 0.1) is 0 Å². The van der Waals surface area contributed by atoms with Gasteiger partial charge in [-0.15, -0.1) is 0 Å². The number of para-hydroxylation sites is 1. The molecule has 0 spiro atoms. The van der Waals surface area contributed by atoms with Crippen molar-refractivity contribution in [3.63, 3.8) is 0 Å². The molecule has 0 saturated carbocycles. The fourth-order valence-corrected chi connectivity index (χ4v) is 2.23. The maximum absolute atomic E-state index is 12.0. The van der Waals surface area contributed by atoms with Gasteiger partial charge in [0.1, 0.15) is 11.3 Å². The summed E-state index contributed by atoms with van der Waals surface area (Å²) in [6, 6.07) is 9.77. The van der Waals surface area contributed by atoms with Gasteiger partial charge in [-0.1, -0.05) is 25.1 Å². The Bertz CT molecular complexity index is 408. The summed E-state index contributed by atoms with van der Waals surface area (Å²) in [5.41, 5.74) is -0.600. The van der Waals surface area contributed by atoms with Gasteiger partial charge in [-0.3, -0.25) is 4.79 Å². The van der Waals surface area contributed by atoms with Gasteiger partial charge >= 0.3 is 5.97 Å². The SMILES string of the molecule is CCNC(C)(CCCCOc1ccccc1)C(=O)OCC. The van der Waals surface area contributed by atoms with Crippen molar-refractivity contribution in [3.05, 3.63) is 30.3 Å². The van der Waals surface area contributed by atoms with E-state index in [-0.39, 0.29) is 5.97 Å². The first-order chi connectivity index (χ1) is 10.1. The van der Waals surface area contributed by atoms with Gasteiger partial charge < -0.3 is 14.8 Å². The van der Waals surface area contributed by atoms with E-state index in [1.54, 1.807) is 0 Å². The highest BCUT2D eigenvalue weighted by molar-refractivity contribution is 5.80. The normalized spacial score (nSPS) is 13.5. The van der Waals surface area contributed by atoms with E-state index in [0.717, 1.165) is 31.6 Å². The van der Waals surface area contributed by atoms with Crippen molar-refractivity contribution in [1.82, 2.24) is 5.32 Å². The minimum absolute atomic E-state index is 0.171. The predicted octanol–water partition coefficient (Wildman–Crippen LogP) is 3.17. The Kier molecular flexibility index (Phi) is 7.83. The predicted molar refractivity (Wildman–Crippen MR) is 84.5 cm³/mol. The van der Waals surface area contributed by atoms with Crippen LogP contribution in [0.5, 0.6) is 5.75 Å². The maximum Gasteiger partial charge on any atom is 0.326 e.